The van der Waals surface area contributed by atoms with Crippen molar-refractivity contribution in [1.29, 1.82) is 0 Å². The number of carbonyl (C=O) groups excluding carboxylic acids is 1. The highest BCUT2D eigenvalue weighted by atomic mass is 19.4. The average molecular weight is 534 g/mol. The Morgan fingerprint density at radius 1 is 0.789 bits per heavy atom. The molecule has 0 aromatic heterocycles. The number of Topliss-reactive ketones (excluding diaryl/α,β-unsaturated/α-hetero) is 1. The molecule has 2 heterocycles. The maximum atomic E-state index is 13.4. The highest BCUT2D eigenvalue weighted by Crippen LogP contribution is 2.51. The Balaban J connectivity index is 1.51. The molecule has 0 spiro atoms. The van der Waals surface area contributed by atoms with E-state index in [1.807, 2.05) is 60.7 Å². The van der Waals surface area contributed by atoms with Crippen molar-refractivity contribution in [2.75, 3.05) is 0 Å². The van der Waals surface area contributed by atoms with Gasteiger partial charge in [-0.25, -0.2) is 0 Å². The molecule has 0 N–H and O–H groups in total. The van der Waals surface area contributed by atoms with Crippen LogP contribution in [0.1, 0.15) is 47.1 Å². The minimum absolute atomic E-state index is 0.0503. The lowest BCUT2D eigenvalue weighted by Crippen LogP contribution is -2.56. The first kappa shape index (κ1) is 26.4. The molecule has 3 nitrogen and oxygen atoms in total. The van der Waals surface area contributed by atoms with Crippen molar-refractivity contribution >= 4 is 5.78 Å². The van der Waals surface area contributed by atoms with Crippen molar-refractivity contribution in [3.63, 3.8) is 0 Å². The van der Waals surface area contributed by atoms with Crippen molar-refractivity contribution in [3.8, 4) is 0 Å². The highest BCUT2D eigenvalue weighted by molar-refractivity contribution is 5.88. The van der Waals surface area contributed by atoms with E-state index in [4.69, 9.17) is 4.74 Å². The molecule has 2 aliphatic rings. The van der Waals surface area contributed by atoms with E-state index in [1.54, 1.807) is 0 Å². The van der Waals surface area contributed by atoms with Crippen LogP contribution in [-0.4, -0.2) is 22.8 Å². The molecule has 3 aromatic rings. The lowest BCUT2D eigenvalue weighted by Gasteiger charge is -2.49. The monoisotopic (exact) mass is 533 g/mol. The summed E-state index contributed by atoms with van der Waals surface area (Å²) in [5.41, 5.74) is -2.07. The number of benzene rings is 3. The predicted molar refractivity (Wildman–Crippen MR) is 128 cm³/mol. The Morgan fingerprint density at radius 2 is 1.37 bits per heavy atom. The molecule has 3 atom stereocenters. The second kappa shape index (κ2) is 9.85. The fraction of sp³-hybridized carbons (Fsp3) is 0.345. The number of nitrogens with zero attached hydrogens (tertiary/aromatic N) is 1. The third kappa shape index (κ3) is 4.97. The summed E-state index contributed by atoms with van der Waals surface area (Å²) in [4.78, 5) is 15.3. The summed E-state index contributed by atoms with van der Waals surface area (Å²) in [5.74, 6) is 0.0503. The van der Waals surface area contributed by atoms with E-state index in [1.165, 1.54) is 0 Å². The third-order valence-corrected chi connectivity index (χ3v) is 7.51. The fourth-order valence-corrected chi connectivity index (χ4v) is 5.83. The molecule has 9 heteroatoms. The van der Waals surface area contributed by atoms with E-state index in [0.717, 1.165) is 11.1 Å². The van der Waals surface area contributed by atoms with Crippen molar-refractivity contribution in [1.82, 2.24) is 4.90 Å². The van der Waals surface area contributed by atoms with Gasteiger partial charge in [-0.1, -0.05) is 60.7 Å². The summed E-state index contributed by atoms with van der Waals surface area (Å²) in [6.07, 6.45) is -9.42. The van der Waals surface area contributed by atoms with Crippen LogP contribution in [0.3, 0.4) is 0 Å². The van der Waals surface area contributed by atoms with Crippen LogP contribution in [0, 0.1) is 0 Å². The maximum Gasteiger partial charge on any atom is 0.416 e. The van der Waals surface area contributed by atoms with Gasteiger partial charge in [-0.2, -0.15) is 26.3 Å². The molecule has 38 heavy (non-hydrogen) atoms. The van der Waals surface area contributed by atoms with Crippen LogP contribution < -0.4 is 0 Å². The number of carbonyl (C=O) groups is 1. The number of fused-ring (bicyclic) bond motifs is 2. The van der Waals surface area contributed by atoms with E-state index in [2.05, 4.69) is 4.90 Å². The van der Waals surface area contributed by atoms with Crippen LogP contribution in [-0.2, 0) is 40.6 Å². The smallest absolute Gasteiger partial charge is 0.371 e. The van der Waals surface area contributed by atoms with Gasteiger partial charge in [-0.3, -0.25) is 9.69 Å². The molecule has 2 aliphatic heterocycles. The fourth-order valence-electron chi connectivity index (χ4n) is 5.83. The number of ether oxygens (including phenoxy) is 1. The predicted octanol–water partition coefficient (Wildman–Crippen LogP) is 7.14. The van der Waals surface area contributed by atoms with Crippen LogP contribution in [0.15, 0.2) is 78.9 Å². The summed E-state index contributed by atoms with van der Waals surface area (Å²) in [6.45, 7) is -0.00192. The van der Waals surface area contributed by atoms with Gasteiger partial charge in [-0.15, -0.1) is 0 Å². The van der Waals surface area contributed by atoms with Crippen LogP contribution in [0.25, 0.3) is 0 Å². The summed E-state index contributed by atoms with van der Waals surface area (Å²) in [7, 11) is 0. The van der Waals surface area contributed by atoms with E-state index in [9.17, 15) is 31.1 Å². The van der Waals surface area contributed by atoms with Crippen molar-refractivity contribution in [2.45, 2.75) is 62.5 Å². The van der Waals surface area contributed by atoms with E-state index >= 15 is 0 Å². The second-order valence-electron chi connectivity index (χ2n) is 9.85. The molecule has 0 amide bonds. The topological polar surface area (TPSA) is 29.5 Å². The number of rotatable bonds is 6. The molecule has 0 aliphatic carbocycles. The molecule has 3 unspecified atom stereocenters. The third-order valence-electron chi connectivity index (χ3n) is 7.51. The van der Waals surface area contributed by atoms with E-state index < -0.39 is 41.7 Å². The van der Waals surface area contributed by atoms with E-state index in [0.29, 0.717) is 31.5 Å². The average Bonchev–Trinajstić information content (AvgIpc) is 3.06. The first-order valence-corrected chi connectivity index (χ1v) is 12.3. The maximum absolute atomic E-state index is 13.4. The van der Waals surface area contributed by atoms with Gasteiger partial charge in [0.1, 0.15) is 0 Å². The molecule has 2 fully saturated rings. The standard InChI is InChI=1S/C29H25F6NO2/c30-28(31,32)22-13-20(14-23(15-22)29(33,34)35)18-38-26-12-11-24-25(37)16-27(26,21-9-5-2-6-10-21)36(24)17-19-7-3-1-4-8-19/h1-10,13-15,24,26H,11-12,16-18H2. The van der Waals surface area contributed by atoms with Gasteiger partial charge in [0.15, 0.2) is 5.78 Å². The number of hydrogen-bond donors (Lipinski definition) is 0. The van der Waals surface area contributed by atoms with Gasteiger partial charge in [0.05, 0.1) is 35.4 Å². The number of halogens is 6. The van der Waals surface area contributed by atoms with Crippen molar-refractivity contribution < 1.29 is 35.9 Å². The Kier molecular flexibility index (Phi) is 6.86. The summed E-state index contributed by atoms with van der Waals surface area (Å²) >= 11 is 0. The summed E-state index contributed by atoms with van der Waals surface area (Å²) in [6, 6.07) is 20.1. The zero-order chi connectivity index (χ0) is 27.1. The minimum atomic E-state index is -4.94. The van der Waals surface area contributed by atoms with Crippen molar-refractivity contribution in [3.05, 3.63) is 107 Å². The Bertz CT molecular complexity index is 1260. The van der Waals surface area contributed by atoms with E-state index in [-0.39, 0.29) is 29.9 Å². The SMILES string of the molecule is O=C1CC2(c3ccccc3)C(OCc3cc(C(F)(F)F)cc(C(F)(F)F)c3)CCC1N2Cc1ccccc1. The minimum Gasteiger partial charge on any atom is -0.371 e. The van der Waals surface area contributed by atoms with Crippen LogP contribution in [0.5, 0.6) is 0 Å². The number of alkyl halides is 6. The lowest BCUT2D eigenvalue weighted by molar-refractivity contribution is -0.143. The van der Waals surface area contributed by atoms with Crippen LogP contribution >= 0.6 is 0 Å². The molecule has 2 saturated heterocycles. The Hall–Kier alpha value is -3.17. The van der Waals surface area contributed by atoms with Gasteiger partial charge in [0.2, 0.25) is 0 Å². The van der Waals surface area contributed by atoms with Gasteiger partial charge in [0, 0.05) is 13.0 Å². The van der Waals surface area contributed by atoms with Crippen molar-refractivity contribution in [2.24, 2.45) is 0 Å². The second-order valence-corrected chi connectivity index (χ2v) is 9.85. The summed E-state index contributed by atoms with van der Waals surface area (Å²) in [5, 5.41) is 0. The normalized spacial score (nSPS) is 24.1. The van der Waals surface area contributed by atoms with Crippen LogP contribution in [0.2, 0.25) is 0 Å². The summed E-state index contributed by atoms with van der Waals surface area (Å²) < 4.78 is 86.5. The number of hydrogen-bond acceptors (Lipinski definition) is 3. The molecular weight excluding hydrogens is 508 g/mol. The molecular formula is C29H25F6NO2. The van der Waals surface area contributed by atoms with Crippen LogP contribution in [0.4, 0.5) is 26.3 Å². The quantitative estimate of drug-likeness (QED) is 0.316. The zero-order valence-electron chi connectivity index (χ0n) is 20.2. The molecule has 2 bridgehead atoms. The lowest BCUT2D eigenvalue weighted by atomic mass is 9.78. The molecule has 0 radical (unpaired) electrons. The van der Waals surface area contributed by atoms with Gasteiger partial charge in [0.25, 0.3) is 0 Å². The van der Waals surface area contributed by atoms with Gasteiger partial charge < -0.3 is 4.74 Å². The van der Waals surface area contributed by atoms with Gasteiger partial charge in [-0.05, 0) is 47.7 Å². The Morgan fingerprint density at radius 3 is 1.95 bits per heavy atom. The first-order valence-electron chi connectivity index (χ1n) is 12.3. The molecule has 3 aromatic carbocycles. The highest BCUT2D eigenvalue weighted by Gasteiger charge is 2.59. The number of piperidine rings is 1. The molecule has 5 rings (SSSR count). The number of ketones is 1. The Labute approximate surface area is 216 Å². The van der Waals surface area contributed by atoms with Gasteiger partial charge >= 0.3 is 12.4 Å². The largest absolute Gasteiger partial charge is 0.416 e. The molecule has 0 saturated carbocycles. The zero-order valence-corrected chi connectivity index (χ0v) is 20.2. The first-order chi connectivity index (χ1) is 18.0. The molecule has 200 valence electrons.